The third-order valence-electron chi connectivity index (χ3n) is 6.11. The minimum Gasteiger partial charge on any atom is -0.493 e. The van der Waals surface area contributed by atoms with E-state index in [1.54, 1.807) is 26.3 Å². The number of guanidine groups is 1. The highest BCUT2D eigenvalue weighted by molar-refractivity contribution is 5.91. The van der Waals surface area contributed by atoms with E-state index in [0.29, 0.717) is 38.5 Å². The van der Waals surface area contributed by atoms with Crippen molar-refractivity contribution in [3.63, 3.8) is 0 Å². The van der Waals surface area contributed by atoms with Gasteiger partial charge in [0.25, 0.3) is 5.91 Å². The molecule has 0 atom stereocenters. The van der Waals surface area contributed by atoms with Gasteiger partial charge in [-0.15, -0.1) is 0 Å². The van der Waals surface area contributed by atoms with E-state index in [9.17, 15) is 4.79 Å². The summed E-state index contributed by atoms with van der Waals surface area (Å²) in [6, 6.07) is 9.43. The number of aliphatic imine (C=N–C) groups is 1. The number of nitrogens with one attached hydrogen (secondary N) is 1. The first-order valence-corrected chi connectivity index (χ1v) is 11.3. The maximum Gasteiger partial charge on any atom is 0.289 e. The van der Waals surface area contributed by atoms with Crippen LogP contribution in [0.25, 0.3) is 0 Å². The number of rotatable bonds is 6. The van der Waals surface area contributed by atoms with Crippen LogP contribution in [-0.2, 0) is 6.54 Å². The first-order valence-electron chi connectivity index (χ1n) is 11.3. The Morgan fingerprint density at radius 3 is 2.53 bits per heavy atom. The maximum absolute atomic E-state index is 12.5. The summed E-state index contributed by atoms with van der Waals surface area (Å²) in [5.74, 6) is 2.70. The predicted molar refractivity (Wildman–Crippen MR) is 122 cm³/mol. The van der Waals surface area contributed by atoms with Crippen LogP contribution in [0.1, 0.15) is 41.8 Å². The van der Waals surface area contributed by atoms with E-state index >= 15 is 0 Å². The van der Waals surface area contributed by atoms with Gasteiger partial charge in [0.15, 0.2) is 23.2 Å². The number of amides is 1. The number of piperazine rings is 1. The number of hydrogen-bond donors (Lipinski definition) is 1. The van der Waals surface area contributed by atoms with E-state index in [1.165, 1.54) is 19.1 Å². The normalized spacial score (nSPS) is 17.5. The second-order valence-electron chi connectivity index (χ2n) is 8.13. The molecule has 1 aromatic carbocycles. The molecule has 1 saturated carbocycles. The van der Waals surface area contributed by atoms with Crippen LogP contribution < -0.4 is 14.8 Å². The van der Waals surface area contributed by atoms with Crippen molar-refractivity contribution in [2.75, 3.05) is 40.3 Å². The third kappa shape index (κ3) is 5.00. The molecule has 2 aliphatic rings. The number of methoxy groups -OCH3 is 1. The molecule has 0 unspecified atom stereocenters. The largest absolute Gasteiger partial charge is 0.493 e. The van der Waals surface area contributed by atoms with Crippen LogP contribution in [0, 0.1) is 0 Å². The first-order chi connectivity index (χ1) is 15.7. The third-order valence-corrected chi connectivity index (χ3v) is 6.11. The summed E-state index contributed by atoms with van der Waals surface area (Å²) in [5.41, 5.74) is 1.05. The molecule has 1 aromatic heterocycles. The van der Waals surface area contributed by atoms with Gasteiger partial charge in [-0.3, -0.25) is 9.79 Å². The lowest BCUT2D eigenvalue weighted by Crippen LogP contribution is -2.53. The molecular weight excluding hydrogens is 408 g/mol. The van der Waals surface area contributed by atoms with Crippen LogP contribution in [0.15, 0.2) is 46.0 Å². The number of ether oxygens (including phenoxy) is 2. The predicted octanol–water partition coefficient (Wildman–Crippen LogP) is 3.14. The molecule has 172 valence electrons. The number of nitrogens with zero attached hydrogens (tertiary/aromatic N) is 3. The van der Waals surface area contributed by atoms with Crippen molar-refractivity contribution >= 4 is 11.9 Å². The number of furan rings is 1. The molecule has 4 rings (SSSR count). The molecule has 2 heterocycles. The lowest BCUT2D eigenvalue weighted by Gasteiger charge is -2.36. The second-order valence-corrected chi connectivity index (χ2v) is 8.13. The zero-order chi connectivity index (χ0) is 22.3. The number of hydrogen-bond acceptors (Lipinski definition) is 5. The Bertz CT molecular complexity index is 914. The van der Waals surface area contributed by atoms with E-state index in [2.05, 4.69) is 21.3 Å². The summed E-state index contributed by atoms with van der Waals surface area (Å²) >= 11 is 0. The van der Waals surface area contributed by atoms with Crippen molar-refractivity contribution in [3.05, 3.63) is 47.9 Å². The zero-order valence-corrected chi connectivity index (χ0v) is 18.9. The summed E-state index contributed by atoms with van der Waals surface area (Å²) in [4.78, 5) is 20.9. The number of carbonyl (C=O) groups is 1. The fourth-order valence-electron chi connectivity index (χ4n) is 4.35. The Kier molecular flexibility index (Phi) is 7.19. The molecule has 0 radical (unpaired) electrons. The van der Waals surface area contributed by atoms with Gasteiger partial charge in [-0.1, -0.05) is 12.1 Å². The Labute approximate surface area is 189 Å². The highest BCUT2D eigenvalue weighted by Crippen LogP contribution is 2.34. The van der Waals surface area contributed by atoms with Gasteiger partial charge in [-0.25, -0.2) is 0 Å². The Balaban J connectivity index is 1.36. The van der Waals surface area contributed by atoms with Crippen LogP contribution in [0.5, 0.6) is 11.5 Å². The Morgan fingerprint density at radius 1 is 1.12 bits per heavy atom. The van der Waals surface area contributed by atoms with Gasteiger partial charge in [0.1, 0.15) is 0 Å². The maximum atomic E-state index is 12.5. The minimum absolute atomic E-state index is 0.0670. The monoisotopic (exact) mass is 440 g/mol. The van der Waals surface area contributed by atoms with Gasteiger partial charge in [0.05, 0.1) is 19.5 Å². The van der Waals surface area contributed by atoms with Crippen molar-refractivity contribution in [3.8, 4) is 11.5 Å². The molecule has 1 saturated heterocycles. The van der Waals surface area contributed by atoms with Crippen LogP contribution in [-0.4, -0.2) is 68.1 Å². The highest BCUT2D eigenvalue weighted by atomic mass is 16.5. The van der Waals surface area contributed by atoms with E-state index in [0.717, 1.165) is 35.9 Å². The van der Waals surface area contributed by atoms with Crippen LogP contribution >= 0.6 is 0 Å². The van der Waals surface area contributed by atoms with Gasteiger partial charge in [-0.05, 0) is 43.9 Å². The van der Waals surface area contributed by atoms with Gasteiger partial charge >= 0.3 is 0 Å². The smallest absolute Gasteiger partial charge is 0.289 e. The van der Waals surface area contributed by atoms with Gasteiger partial charge in [0, 0.05) is 45.3 Å². The topological polar surface area (TPSA) is 79.5 Å². The molecule has 2 aromatic rings. The van der Waals surface area contributed by atoms with Crippen LogP contribution in [0.2, 0.25) is 0 Å². The summed E-state index contributed by atoms with van der Waals surface area (Å²) < 4.78 is 17.2. The minimum atomic E-state index is -0.0670. The Hall–Kier alpha value is -3.16. The van der Waals surface area contributed by atoms with Gasteiger partial charge in [-0.2, -0.15) is 0 Å². The zero-order valence-electron chi connectivity index (χ0n) is 18.9. The summed E-state index contributed by atoms with van der Waals surface area (Å²) in [6.45, 7) is 3.23. The molecule has 0 spiro atoms. The van der Waals surface area contributed by atoms with Crippen LogP contribution in [0.4, 0.5) is 0 Å². The molecule has 8 heteroatoms. The standard InChI is InChI=1S/C24H32N4O4/c1-25-24(28-14-12-27(13-15-28)23(29)21-11-6-16-31-21)26-17-18-7-5-10-20(30-2)22(18)32-19-8-3-4-9-19/h5-7,10-11,16,19H,3-4,8-9,12-15,17H2,1-2H3,(H,25,26). The van der Waals surface area contributed by atoms with Gasteiger partial charge < -0.3 is 29.0 Å². The highest BCUT2D eigenvalue weighted by Gasteiger charge is 2.26. The van der Waals surface area contributed by atoms with E-state index in [1.807, 2.05) is 17.0 Å². The molecule has 0 bridgehead atoms. The van der Waals surface area contributed by atoms with Crippen molar-refractivity contribution in [2.24, 2.45) is 4.99 Å². The fraction of sp³-hybridized carbons (Fsp3) is 0.500. The molecule has 1 N–H and O–H groups in total. The molecule has 1 aliphatic carbocycles. The molecule has 32 heavy (non-hydrogen) atoms. The van der Waals surface area contributed by atoms with Crippen molar-refractivity contribution in [1.82, 2.24) is 15.1 Å². The average Bonchev–Trinajstić information content (AvgIpc) is 3.55. The fourth-order valence-corrected chi connectivity index (χ4v) is 4.35. The van der Waals surface area contributed by atoms with E-state index in [-0.39, 0.29) is 12.0 Å². The van der Waals surface area contributed by atoms with E-state index < -0.39 is 0 Å². The summed E-state index contributed by atoms with van der Waals surface area (Å²) in [5, 5.41) is 3.46. The Morgan fingerprint density at radius 2 is 1.88 bits per heavy atom. The van der Waals surface area contributed by atoms with Gasteiger partial charge in [0.2, 0.25) is 0 Å². The lowest BCUT2D eigenvalue weighted by atomic mass is 10.1. The van der Waals surface area contributed by atoms with Crippen molar-refractivity contribution in [1.29, 1.82) is 0 Å². The summed E-state index contributed by atoms with van der Waals surface area (Å²) in [7, 11) is 3.46. The lowest BCUT2D eigenvalue weighted by molar-refractivity contribution is 0.0657. The molecule has 2 fully saturated rings. The quantitative estimate of drug-likeness (QED) is 0.549. The molecule has 1 aliphatic heterocycles. The van der Waals surface area contributed by atoms with Crippen molar-refractivity contribution in [2.45, 2.75) is 38.3 Å². The van der Waals surface area contributed by atoms with E-state index in [4.69, 9.17) is 13.9 Å². The molecule has 8 nitrogen and oxygen atoms in total. The number of benzene rings is 1. The second kappa shape index (κ2) is 10.4. The van der Waals surface area contributed by atoms with Crippen molar-refractivity contribution < 1.29 is 18.7 Å². The van der Waals surface area contributed by atoms with Crippen LogP contribution in [0.3, 0.4) is 0 Å². The number of para-hydroxylation sites is 1. The average molecular weight is 441 g/mol. The SMILES string of the molecule is CN=C(NCc1cccc(OC)c1OC1CCCC1)N1CCN(C(=O)c2ccco2)CC1. The molecule has 1 amide bonds. The first kappa shape index (κ1) is 22.0. The summed E-state index contributed by atoms with van der Waals surface area (Å²) in [6.07, 6.45) is 6.40. The molecular formula is C24H32N4O4. The number of carbonyl (C=O) groups excluding carboxylic acids is 1.